The van der Waals surface area contributed by atoms with Crippen molar-refractivity contribution in [1.29, 1.82) is 0 Å². The van der Waals surface area contributed by atoms with Gasteiger partial charge in [0.05, 0.1) is 23.5 Å². The zero-order valence-corrected chi connectivity index (χ0v) is 15.4. The summed E-state index contributed by atoms with van der Waals surface area (Å²) in [4.78, 5) is 11.8. The summed E-state index contributed by atoms with van der Waals surface area (Å²) in [5.74, 6) is 1.49. The third-order valence-electron chi connectivity index (χ3n) is 4.81. The van der Waals surface area contributed by atoms with E-state index in [9.17, 15) is 0 Å². The average Bonchev–Trinajstić information content (AvgIpc) is 3.32. The van der Waals surface area contributed by atoms with Crippen LogP contribution < -0.4 is 0 Å². The molecule has 1 aliphatic heterocycles. The molecule has 4 heterocycles. The van der Waals surface area contributed by atoms with Gasteiger partial charge in [-0.05, 0) is 51.3 Å². The zero-order valence-electron chi connectivity index (χ0n) is 14.6. The van der Waals surface area contributed by atoms with Gasteiger partial charge in [-0.3, -0.25) is 9.88 Å². The summed E-state index contributed by atoms with van der Waals surface area (Å²) in [6.07, 6.45) is 4.13. The molecule has 0 N–H and O–H groups in total. The lowest BCUT2D eigenvalue weighted by molar-refractivity contribution is 0.315. The maximum atomic E-state index is 5.29. The minimum Gasteiger partial charge on any atom is -0.361 e. The van der Waals surface area contributed by atoms with E-state index in [0.717, 1.165) is 54.5 Å². The van der Waals surface area contributed by atoms with Crippen molar-refractivity contribution in [2.24, 2.45) is 5.92 Å². The van der Waals surface area contributed by atoms with E-state index in [2.05, 4.69) is 27.2 Å². The maximum absolute atomic E-state index is 5.29. The van der Waals surface area contributed by atoms with Crippen LogP contribution in [-0.2, 0) is 13.0 Å². The number of aromatic nitrogens is 3. The molecule has 1 aliphatic rings. The van der Waals surface area contributed by atoms with E-state index in [-0.39, 0.29) is 0 Å². The molecule has 5 nitrogen and oxygen atoms in total. The van der Waals surface area contributed by atoms with E-state index < -0.39 is 0 Å². The molecular weight excluding hydrogens is 332 g/mol. The van der Waals surface area contributed by atoms with E-state index in [0.29, 0.717) is 5.92 Å². The van der Waals surface area contributed by atoms with Crippen molar-refractivity contribution in [1.82, 2.24) is 20.0 Å². The van der Waals surface area contributed by atoms with E-state index in [1.165, 1.54) is 11.4 Å². The lowest BCUT2D eigenvalue weighted by Gasteiger charge is -2.14. The third-order valence-corrected chi connectivity index (χ3v) is 5.57. The molecule has 1 saturated heterocycles. The van der Waals surface area contributed by atoms with Gasteiger partial charge in [-0.15, -0.1) is 11.3 Å². The first-order valence-electron chi connectivity index (χ1n) is 8.69. The zero-order chi connectivity index (χ0) is 17.2. The van der Waals surface area contributed by atoms with Gasteiger partial charge >= 0.3 is 0 Å². The summed E-state index contributed by atoms with van der Waals surface area (Å²) in [5, 5.41) is 7.30. The molecule has 0 spiro atoms. The Morgan fingerprint density at radius 2 is 2.24 bits per heavy atom. The van der Waals surface area contributed by atoms with E-state index >= 15 is 0 Å². The van der Waals surface area contributed by atoms with Crippen LogP contribution in [0, 0.1) is 19.8 Å². The van der Waals surface area contributed by atoms with Gasteiger partial charge in [-0.2, -0.15) is 0 Å². The second-order valence-corrected chi connectivity index (χ2v) is 7.71. The van der Waals surface area contributed by atoms with Crippen LogP contribution in [0.4, 0.5) is 0 Å². The second kappa shape index (κ2) is 7.06. The van der Waals surface area contributed by atoms with Crippen molar-refractivity contribution in [2.75, 3.05) is 13.1 Å². The molecule has 3 aromatic heterocycles. The van der Waals surface area contributed by atoms with E-state index in [1.807, 2.05) is 31.5 Å². The van der Waals surface area contributed by atoms with Crippen molar-refractivity contribution < 1.29 is 4.52 Å². The Hall–Kier alpha value is -2.05. The van der Waals surface area contributed by atoms with Crippen LogP contribution in [0.15, 0.2) is 34.3 Å². The first-order chi connectivity index (χ1) is 12.2. The Bertz CT molecular complexity index is 823. The van der Waals surface area contributed by atoms with Gasteiger partial charge in [0.1, 0.15) is 10.8 Å². The van der Waals surface area contributed by atoms with Crippen molar-refractivity contribution in [3.63, 3.8) is 0 Å². The highest BCUT2D eigenvalue weighted by molar-refractivity contribution is 7.09. The Balaban J connectivity index is 1.43. The van der Waals surface area contributed by atoms with Crippen molar-refractivity contribution in [2.45, 2.75) is 33.2 Å². The number of hydrogen-bond acceptors (Lipinski definition) is 6. The van der Waals surface area contributed by atoms with Gasteiger partial charge in [-0.1, -0.05) is 11.2 Å². The van der Waals surface area contributed by atoms with Crippen LogP contribution in [0.2, 0.25) is 0 Å². The number of pyridine rings is 1. The van der Waals surface area contributed by atoms with Gasteiger partial charge in [-0.25, -0.2) is 4.98 Å². The second-order valence-electron chi connectivity index (χ2n) is 6.73. The molecule has 1 fully saturated rings. The molecule has 0 aliphatic carbocycles. The van der Waals surface area contributed by atoms with Crippen LogP contribution >= 0.6 is 11.3 Å². The third kappa shape index (κ3) is 3.65. The molecule has 0 amide bonds. The predicted octanol–water partition coefficient (Wildman–Crippen LogP) is 3.87. The molecule has 25 heavy (non-hydrogen) atoms. The van der Waals surface area contributed by atoms with Crippen LogP contribution in [0.3, 0.4) is 0 Å². The first kappa shape index (κ1) is 16.4. The summed E-state index contributed by atoms with van der Waals surface area (Å²) in [6, 6.07) is 6.26. The summed E-state index contributed by atoms with van der Waals surface area (Å²) in [6.45, 7) is 7.15. The number of aryl methyl sites for hydroxylation is 2. The van der Waals surface area contributed by atoms with Crippen LogP contribution in [0.25, 0.3) is 11.3 Å². The SMILES string of the molecule is Cc1noc(C)c1-c1cccc(C[C@H]2CCN(Cc3nccs3)C2)n1. The molecule has 0 aromatic carbocycles. The Labute approximate surface area is 151 Å². The van der Waals surface area contributed by atoms with Gasteiger partial charge < -0.3 is 4.52 Å². The van der Waals surface area contributed by atoms with Crippen LogP contribution in [-0.4, -0.2) is 33.1 Å². The molecule has 6 heteroatoms. The summed E-state index contributed by atoms with van der Waals surface area (Å²) >= 11 is 1.74. The number of thiazole rings is 1. The topological polar surface area (TPSA) is 55.1 Å². The minimum absolute atomic E-state index is 0.660. The number of rotatable bonds is 5. The summed E-state index contributed by atoms with van der Waals surface area (Å²) in [5.41, 5.74) is 4.04. The molecule has 4 rings (SSSR count). The fourth-order valence-electron chi connectivity index (χ4n) is 3.62. The minimum atomic E-state index is 0.660. The molecule has 0 radical (unpaired) electrons. The number of nitrogens with zero attached hydrogens (tertiary/aromatic N) is 4. The van der Waals surface area contributed by atoms with E-state index in [1.54, 1.807) is 11.3 Å². The molecule has 0 unspecified atom stereocenters. The van der Waals surface area contributed by atoms with E-state index in [4.69, 9.17) is 9.51 Å². The van der Waals surface area contributed by atoms with Gasteiger partial charge in [0, 0.05) is 23.8 Å². The molecular formula is C19H22N4OS. The highest BCUT2D eigenvalue weighted by Gasteiger charge is 2.24. The fourth-order valence-corrected chi connectivity index (χ4v) is 4.28. The molecule has 0 saturated carbocycles. The Morgan fingerprint density at radius 3 is 3.00 bits per heavy atom. The normalized spacial score (nSPS) is 18.1. The molecule has 130 valence electrons. The first-order valence-corrected chi connectivity index (χ1v) is 9.57. The Morgan fingerprint density at radius 1 is 1.32 bits per heavy atom. The maximum Gasteiger partial charge on any atom is 0.143 e. The average molecular weight is 354 g/mol. The van der Waals surface area contributed by atoms with Crippen molar-refractivity contribution in [3.05, 3.63) is 51.9 Å². The van der Waals surface area contributed by atoms with Crippen molar-refractivity contribution >= 4 is 11.3 Å². The quantitative estimate of drug-likeness (QED) is 0.696. The standard InChI is InChI=1S/C19H22N4OS/c1-13-19(14(2)24-22-13)17-5-3-4-16(21-17)10-15-6-8-23(11-15)12-18-20-7-9-25-18/h3-5,7,9,15H,6,8,10-12H2,1-2H3/t15-/m1/s1. The van der Waals surface area contributed by atoms with Crippen molar-refractivity contribution in [3.8, 4) is 11.3 Å². The largest absolute Gasteiger partial charge is 0.361 e. The molecule has 1 atom stereocenters. The lowest BCUT2D eigenvalue weighted by Crippen LogP contribution is -2.20. The summed E-state index contributed by atoms with van der Waals surface area (Å²) in [7, 11) is 0. The Kier molecular flexibility index (Phi) is 4.63. The van der Waals surface area contributed by atoms with Crippen LogP contribution in [0.5, 0.6) is 0 Å². The summed E-state index contributed by atoms with van der Waals surface area (Å²) < 4.78 is 5.29. The van der Waals surface area contributed by atoms with Crippen LogP contribution in [0.1, 0.15) is 28.6 Å². The number of hydrogen-bond donors (Lipinski definition) is 0. The number of likely N-dealkylation sites (tertiary alicyclic amines) is 1. The molecule has 0 bridgehead atoms. The monoisotopic (exact) mass is 354 g/mol. The smallest absolute Gasteiger partial charge is 0.143 e. The highest BCUT2D eigenvalue weighted by atomic mass is 32.1. The van der Waals surface area contributed by atoms with Gasteiger partial charge in [0.15, 0.2) is 0 Å². The predicted molar refractivity (Wildman–Crippen MR) is 98.4 cm³/mol. The lowest BCUT2D eigenvalue weighted by atomic mass is 10.0. The van der Waals surface area contributed by atoms with Gasteiger partial charge in [0.25, 0.3) is 0 Å². The molecule has 3 aromatic rings. The van der Waals surface area contributed by atoms with Gasteiger partial charge in [0.2, 0.25) is 0 Å². The highest BCUT2D eigenvalue weighted by Crippen LogP contribution is 2.27. The fraction of sp³-hybridized carbons (Fsp3) is 0.421.